The van der Waals surface area contributed by atoms with E-state index in [1.807, 2.05) is 56.3 Å². The number of anilines is 1. The van der Waals surface area contributed by atoms with Crippen molar-refractivity contribution in [2.75, 3.05) is 24.8 Å². The number of halogens is 2. The van der Waals surface area contributed by atoms with Crippen LogP contribution in [0.1, 0.15) is 17.0 Å². The zero-order valence-electron chi connectivity index (χ0n) is 22.0. The van der Waals surface area contributed by atoms with Gasteiger partial charge in [0.05, 0.1) is 30.1 Å². The topological polar surface area (TPSA) is 107 Å². The molecule has 0 unspecified atom stereocenters. The molecule has 40 heavy (non-hydrogen) atoms. The molecule has 1 aromatic heterocycles. The van der Waals surface area contributed by atoms with E-state index in [0.717, 1.165) is 16.8 Å². The molecule has 0 fully saturated rings. The second-order valence-corrected chi connectivity index (χ2v) is 10.5. The summed E-state index contributed by atoms with van der Waals surface area (Å²) in [7, 11) is 1.56. The van der Waals surface area contributed by atoms with Crippen molar-refractivity contribution in [1.29, 1.82) is 0 Å². The normalized spacial score (nSPS) is 10.7. The van der Waals surface area contributed by atoms with Crippen LogP contribution in [0.5, 0.6) is 11.5 Å². The molecule has 0 radical (unpaired) electrons. The maximum Gasteiger partial charge on any atom is 0.258 e. The maximum atomic E-state index is 12.8. The van der Waals surface area contributed by atoms with Gasteiger partial charge in [-0.05, 0) is 61.4 Å². The van der Waals surface area contributed by atoms with E-state index in [1.54, 1.807) is 23.8 Å². The SMILES string of the molecule is COc1ccccc1-n1c(CNC(=O)COc2ccc(Cl)cc2Cl)nnc1SCC(=O)Nc1cc(C)ccc1C. The summed E-state index contributed by atoms with van der Waals surface area (Å²) in [6.45, 7) is 3.70. The first-order chi connectivity index (χ1) is 19.2. The Balaban J connectivity index is 1.47. The van der Waals surface area contributed by atoms with E-state index in [0.29, 0.717) is 38.2 Å². The van der Waals surface area contributed by atoms with Crippen LogP contribution >= 0.6 is 35.0 Å². The number of rotatable bonds is 11. The summed E-state index contributed by atoms with van der Waals surface area (Å²) in [5, 5.41) is 15.6. The number of carbonyl (C=O) groups excluding carboxylic acids is 2. The molecule has 0 atom stereocenters. The number of hydrogen-bond donors (Lipinski definition) is 2. The van der Waals surface area contributed by atoms with Gasteiger partial charge in [-0.25, -0.2) is 0 Å². The molecule has 1 heterocycles. The van der Waals surface area contributed by atoms with Gasteiger partial charge in [-0.15, -0.1) is 10.2 Å². The van der Waals surface area contributed by atoms with Gasteiger partial charge in [-0.3, -0.25) is 14.2 Å². The zero-order valence-corrected chi connectivity index (χ0v) is 24.4. The van der Waals surface area contributed by atoms with Crippen molar-refractivity contribution in [1.82, 2.24) is 20.1 Å². The predicted molar refractivity (Wildman–Crippen MR) is 157 cm³/mol. The summed E-state index contributed by atoms with van der Waals surface area (Å²) < 4.78 is 12.8. The molecule has 0 saturated carbocycles. The van der Waals surface area contributed by atoms with Crippen LogP contribution < -0.4 is 20.1 Å². The smallest absolute Gasteiger partial charge is 0.258 e. The van der Waals surface area contributed by atoms with Crippen molar-refractivity contribution in [2.45, 2.75) is 25.5 Å². The number of ether oxygens (including phenoxy) is 2. The number of aromatic nitrogens is 3. The second kappa shape index (κ2) is 13.6. The fourth-order valence-electron chi connectivity index (χ4n) is 3.72. The van der Waals surface area contributed by atoms with Crippen LogP contribution in [-0.2, 0) is 16.1 Å². The summed E-state index contributed by atoms with van der Waals surface area (Å²) in [6, 6.07) is 18.0. The quantitative estimate of drug-likeness (QED) is 0.215. The highest BCUT2D eigenvalue weighted by atomic mass is 35.5. The van der Waals surface area contributed by atoms with Crippen molar-refractivity contribution in [3.05, 3.63) is 87.7 Å². The highest BCUT2D eigenvalue weighted by molar-refractivity contribution is 7.99. The average molecular weight is 601 g/mol. The first kappa shape index (κ1) is 29.3. The van der Waals surface area contributed by atoms with Crippen LogP contribution in [0.15, 0.2) is 65.8 Å². The van der Waals surface area contributed by atoms with E-state index in [2.05, 4.69) is 20.8 Å². The Morgan fingerprint density at radius 2 is 1.77 bits per heavy atom. The van der Waals surface area contributed by atoms with Crippen molar-refractivity contribution in [3.63, 3.8) is 0 Å². The average Bonchev–Trinajstić information content (AvgIpc) is 3.34. The zero-order chi connectivity index (χ0) is 28.6. The van der Waals surface area contributed by atoms with Crippen molar-refractivity contribution >= 4 is 52.5 Å². The number of carbonyl (C=O) groups is 2. The first-order valence-corrected chi connectivity index (χ1v) is 13.9. The molecule has 4 aromatic rings. The lowest BCUT2D eigenvalue weighted by atomic mass is 10.1. The molecular formula is C28H27Cl2N5O4S. The van der Waals surface area contributed by atoms with Gasteiger partial charge in [0.25, 0.3) is 5.91 Å². The number of aryl methyl sites for hydroxylation is 2. The third kappa shape index (κ3) is 7.47. The number of para-hydroxylation sites is 2. The van der Waals surface area contributed by atoms with Gasteiger partial charge in [-0.2, -0.15) is 0 Å². The number of thioether (sulfide) groups is 1. The minimum Gasteiger partial charge on any atom is -0.495 e. The van der Waals surface area contributed by atoms with Gasteiger partial charge in [0.2, 0.25) is 5.91 Å². The summed E-state index contributed by atoms with van der Waals surface area (Å²) in [5.41, 5.74) is 3.46. The molecule has 4 rings (SSSR count). The number of nitrogens with zero attached hydrogens (tertiary/aromatic N) is 3. The molecule has 2 amide bonds. The lowest BCUT2D eigenvalue weighted by Gasteiger charge is -2.14. The largest absolute Gasteiger partial charge is 0.495 e. The van der Waals surface area contributed by atoms with Crippen LogP contribution in [-0.4, -0.2) is 46.0 Å². The third-order valence-corrected chi connectivity index (χ3v) is 7.18. The number of hydrogen-bond acceptors (Lipinski definition) is 7. The van der Waals surface area contributed by atoms with Gasteiger partial charge in [0.15, 0.2) is 17.6 Å². The minimum absolute atomic E-state index is 0.0524. The molecule has 0 aliphatic heterocycles. The molecule has 9 nitrogen and oxygen atoms in total. The van der Waals surface area contributed by atoms with Crippen LogP contribution in [0.2, 0.25) is 10.0 Å². The highest BCUT2D eigenvalue weighted by Gasteiger charge is 2.19. The number of methoxy groups -OCH3 is 1. The van der Waals surface area contributed by atoms with Crippen LogP contribution in [0, 0.1) is 13.8 Å². The summed E-state index contributed by atoms with van der Waals surface area (Å²) >= 11 is 13.2. The highest BCUT2D eigenvalue weighted by Crippen LogP contribution is 2.29. The van der Waals surface area contributed by atoms with E-state index < -0.39 is 0 Å². The molecule has 0 saturated heterocycles. The summed E-state index contributed by atoms with van der Waals surface area (Å²) in [4.78, 5) is 25.3. The Hall–Kier alpha value is -3.73. The van der Waals surface area contributed by atoms with Crippen LogP contribution in [0.4, 0.5) is 5.69 Å². The predicted octanol–water partition coefficient (Wildman–Crippen LogP) is 5.63. The Kier molecular flexibility index (Phi) is 9.92. The monoisotopic (exact) mass is 599 g/mol. The molecule has 12 heteroatoms. The lowest BCUT2D eigenvalue weighted by Crippen LogP contribution is -2.29. The van der Waals surface area contributed by atoms with Crippen molar-refractivity contribution < 1.29 is 19.1 Å². The minimum atomic E-state index is -0.386. The van der Waals surface area contributed by atoms with E-state index in [-0.39, 0.29) is 30.7 Å². The third-order valence-electron chi connectivity index (χ3n) is 5.72. The summed E-state index contributed by atoms with van der Waals surface area (Å²) in [5.74, 6) is 0.903. The fourth-order valence-corrected chi connectivity index (χ4v) is 4.94. The van der Waals surface area contributed by atoms with Gasteiger partial charge in [-0.1, -0.05) is 59.2 Å². The van der Waals surface area contributed by atoms with Crippen molar-refractivity contribution in [2.24, 2.45) is 0 Å². The Bertz CT molecular complexity index is 1530. The van der Waals surface area contributed by atoms with Crippen LogP contribution in [0.3, 0.4) is 0 Å². The summed E-state index contributed by atoms with van der Waals surface area (Å²) in [6.07, 6.45) is 0. The van der Waals surface area contributed by atoms with Gasteiger partial charge in [0.1, 0.15) is 11.5 Å². The molecule has 2 N–H and O–H groups in total. The van der Waals surface area contributed by atoms with Crippen molar-refractivity contribution in [3.8, 4) is 17.2 Å². The van der Waals surface area contributed by atoms with E-state index in [1.165, 1.54) is 17.8 Å². The number of benzene rings is 3. The molecule has 0 aliphatic carbocycles. The molecule has 0 aliphatic rings. The fraction of sp³-hybridized carbons (Fsp3) is 0.214. The standard InChI is InChI=1S/C28H27Cl2N5O4S/c1-17-8-9-18(2)21(12-17)32-27(37)16-40-28-34-33-25(35(28)22-6-4-5-7-24(22)38-3)14-31-26(36)15-39-23-11-10-19(29)13-20(23)30/h4-13H,14-16H2,1-3H3,(H,31,36)(H,32,37). The number of nitrogens with one attached hydrogen (secondary N) is 2. The molecule has 0 spiro atoms. The molecule has 0 bridgehead atoms. The van der Waals surface area contributed by atoms with E-state index in [4.69, 9.17) is 32.7 Å². The van der Waals surface area contributed by atoms with Gasteiger partial charge < -0.3 is 20.1 Å². The second-order valence-electron chi connectivity index (χ2n) is 8.70. The first-order valence-electron chi connectivity index (χ1n) is 12.2. The number of amides is 2. The Morgan fingerprint density at radius 3 is 2.55 bits per heavy atom. The van der Waals surface area contributed by atoms with E-state index in [9.17, 15) is 9.59 Å². The van der Waals surface area contributed by atoms with Crippen LogP contribution in [0.25, 0.3) is 5.69 Å². The maximum absolute atomic E-state index is 12.8. The molecule has 208 valence electrons. The Labute approximate surface area is 246 Å². The van der Waals surface area contributed by atoms with E-state index >= 15 is 0 Å². The van der Waals surface area contributed by atoms with Gasteiger partial charge in [0, 0.05) is 10.7 Å². The molecule has 3 aromatic carbocycles. The Morgan fingerprint density at radius 1 is 0.975 bits per heavy atom. The molecular weight excluding hydrogens is 573 g/mol. The lowest BCUT2D eigenvalue weighted by molar-refractivity contribution is -0.123. The van der Waals surface area contributed by atoms with Gasteiger partial charge >= 0.3 is 0 Å².